The molecule has 10 heteroatoms. The lowest BCUT2D eigenvalue weighted by atomic mass is 9.87. The molecule has 9 nitrogen and oxygen atoms in total. The Balaban J connectivity index is 1.47. The number of aliphatic carboxylic acids is 1. The number of rotatable bonds is 8. The van der Waals surface area contributed by atoms with Gasteiger partial charge in [-0.25, -0.2) is 14.6 Å². The fraction of sp³-hybridized carbons (Fsp3) is 0.522. The SMILES string of the molecule is Cc1nc(-c2nnn(C)c2CNc2nc(C(C)C)cs2)ccc1O[C@H]1CCC[C@H](C(=O)O)C1. The molecule has 0 bridgehead atoms. The summed E-state index contributed by atoms with van der Waals surface area (Å²) >= 11 is 1.59. The van der Waals surface area contributed by atoms with E-state index in [1.165, 1.54) is 0 Å². The fourth-order valence-corrected chi connectivity index (χ4v) is 4.90. The Labute approximate surface area is 197 Å². The van der Waals surface area contributed by atoms with Gasteiger partial charge in [-0.15, -0.1) is 16.4 Å². The first-order valence-electron chi connectivity index (χ1n) is 11.3. The molecule has 2 N–H and O–H groups in total. The van der Waals surface area contributed by atoms with Crippen LogP contribution in [0.2, 0.25) is 0 Å². The van der Waals surface area contributed by atoms with E-state index in [1.54, 1.807) is 16.0 Å². The predicted molar refractivity (Wildman–Crippen MR) is 127 cm³/mol. The van der Waals surface area contributed by atoms with Crippen molar-refractivity contribution in [3.05, 3.63) is 34.6 Å². The highest BCUT2D eigenvalue weighted by molar-refractivity contribution is 7.13. The number of carboxylic acids is 1. The number of thiazole rings is 1. The third kappa shape index (κ3) is 5.32. The molecule has 1 fully saturated rings. The summed E-state index contributed by atoms with van der Waals surface area (Å²) in [5, 5.41) is 24.2. The average molecular weight is 471 g/mol. The smallest absolute Gasteiger partial charge is 0.306 e. The zero-order chi connectivity index (χ0) is 23.5. The molecule has 1 aliphatic rings. The molecule has 176 valence electrons. The van der Waals surface area contributed by atoms with Crippen molar-refractivity contribution in [2.75, 3.05) is 5.32 Å². The van der Waals surface area contributed by atoms with Gasteiger partial charge < -0.3 is 15.2 Å². The molecule has 3 aromatic heterocycles. The number of anilines is 1. The molecule has 0 aliphatic heterocycles. The highest BCUT2D eigenvalue weighted by Crippen LogP contribution is 2.31. The van der Waals surface area contributed by atoms with Crippen molar-refractivity contribution >= 4 is 22.4 Å². The fourth-order valence-electron chi connectivity index (χ4n) is 4.03. The van der Waals surface area contributed by atoms with Crippen molar-refractivity contribution in [2.45, 2.75) is 65.0 Å². The molecule has 0 aromatic carbocycles. The number of carbonyl (C=O) groups is 1. The van der Waals surface area contributed by atoms with Crippen LogP contribution < -0.4 is 10.1 Å². The monoisotopic (exact) mass is 470 g/mol. The minimum absolute atomic E-state index is 0.100. The minimum atomic E-state index is -0.740. The van der Waals surface area contributed by atoms with Crippen molar-refractivity contribution < 1.29 is 14.6 Å². The predicted octanol–water partition coefficient (Wildman–Crippen LogP) is 4.40. The first kappa shape index (κ1) is 23.2. The maximum absolute atomic E-state index is 11.3. The molecule has 0 spiro atoms. The lowest BCUT2D eigenvalue weighted by molar-refractivity contribution is -0.143. The van der Waals surface area contributed by atoms with Gasteiger partial charge in [0, 0.05) is 12.4 Å². The van der Waals surface area contributed by atoms with Crippen LogP contribution in [0.15, 0.2) is 17.5 Å². The third-order valence-electron chi connectivity index (χ3n) is 6.01. The summed E-state index contributed by atoms with van der Waals surface area (Å²) < 4.78 is 7.88. The molecule has 1 aliphatic carbocycles. The standard InChI is InChI=1S/C23H30N6O3S/c1-13(2)18-12-33-23(26-18)24-11-19-21(27-28-29(19)4)17-8-9-20(14(3)25-17)32-16-7-5-6-15(10-16)22(30)31/h8-9,12-13,15-16H,5-7,10-11H2,1-4H3,(H,24,26)(H,30,31)/t15-,16-/m0/s1. The molecule has 33 heavy (non-hydrogen) atoms. The van der Waals surface area contributed by atoms with Crippen LogP contribution in [0, 0.1) is 12.8 Å². The van der Waals surface area contributed by atoms with E-state index >= 15 is 0 Å². The van der Waals surface area contributed by atoms with Gasteiger partial charge in [0.1, 0.15) is 11.4 Å². The van der Waals surface area contributed by atoms with Gasteiger partial charge in [-0.1, -0.05) is 19.1 Å². The van der Waals surface area contributed by atoms with Crippen LogP contribution in [0.4, 0.5) is 5.13 Å². The van der Waals surface area contributed by atoms with E-state index in [0.717, 1.165) is 40.7 Å². The Morgan fingerprint density at radius 1 is 1.33 bits per heavy atom. The summed E-state index contributed by atoms with van der Waals surface area (Å²) in [4.78, 5) is 20.7. The van der Waals surface area contributed by atoms with Crippen molar-refractivity contribution in [3.63, 3.8) is 0 Å². The topological polar surface area (TPSA) is 115 Å². The summed E-state index contributed by atoms with van der Waals surface area (Å²) in [6.45, 7) is 6.68. The van der Waals surface area contributed by atoms with Gasteiger partial charge in [-0.05, 0) is 50.7 Å². The molecular formula is C23H30N6O3S. The van der Waals surface area contributed by atoms with Crippen LogP contribution in [0.25, 0.3) is 11.4 Å². The molecule has 2 atom stereocenters. The van der Waals surface area contributed by atoms with E-state index in [0.29, 0.717) is 36.7 Å². The number of aromatic nitrogens is 5. The summed E-state index contributed by atoms with van der Waals surface area (Å²) in [7, 11) is 1.86. The van der Waals surface area contributed by atoms with E-state index < -0.39 is 5.97 Å². The molecule has 0 saturated heterocycles. The number of hydrogen-bond acceptors (Lipinski definition) is 8. The van der Waals surface area contributed by atoms with Gasteiger partial charge in [0.05, 0.1) is 41.3 Å². The Morgan fingerprint density at radius 2 is 2.15 bits per heavy atom. The van der Waals surface area contributed by atoms with Gasteiger partial charge in [0.2, 0.25) is 0 Å². The van der Waals surface area contributed by atoms with E-state index in [-0.39, 0.29) is 12.0 Å². The van der Waals surface area contributed by atoms with Crippen molar-refractivity contribution in [2.24, 2.45) is 13.0 Å². The molecule has 3 heterocycles. The quantitative estimate of drug-likeness (QED) is 0.498. The first-order valence-corrected chi connectivity index (χ1v) is 12.1. The van der Waals surface area contributed by atoms with Gasteiger partial charge in [-0.2, -0.15) is 0 Å². The second-order valence-electron chi connectivity index (χ2n) is 8.82. The zero-order valence-corrected chi connectivity index (χ0v) is 20.2. The Kier molecular flexibility index (Phi) is 6.92. The molecule has 1 saturated carbocycles. The van der Waals surface area contributed by atoms with Crippen LogP contribution >= 0.6 is 11.3 Å². The largest absolute Gasteiger partial charge is 0.489 e. The molecule has 3 aromatic rings. The summed E-state index contributed by atoms with van der Waals surface area (Å²) in [5.74, 6) is 0.000438. The highest BCUT2D eigenvalue weighted by Gasteiger charge is 2.28. The van der Waals surface area contributed by atoms with Gasteiger partial charge in [0.25, 0.3) is 0 Å². The van der Waals surface area contributed by atoms with Gasteiger partial charge in [-0.3, -0.25) is 4.79 Å². The van der Waals surface area contributed by atoms with Crippen LogP contribution in [-0.4, -0.2) is 42.1 Å². The van der Waals surface area contributed by atoms with Crippen LogP contribution in [0.3, 0.4) is 0 Å². The Bertz CT molecular complexity index is 1130. The number of ether oxygens (including phenoxy) is 1. The lowest BCUT2D eigenvalue weighted by Gasteiger charge is -2.27. The van der Waals surface area contributed by atoms with Crippen LogP contribution in [0.5, 0.6) is 5.75 Å². The number of pyridine rings is 1. The molecular weight excluding hydrogens is 440 g/mol. The molecule has 0 amide bonds. The van der Waals surface area contributed by atoms with Crippen LogP contribution in [0.1, 0.15) is 62.5 Å². The maximum Gasteiger partial charge on any atom is 0.306 e. The second-order valence-corrected chi connectivity index (χ2v) is 9.67. The molecule has 0 unspecified atom stereocenters. The molecule has 0 radical (unpaired) electrons. The Morgan fingerprint density at radius 3 is 2.85 bits per heavy atom. The number of nitrogens with one attached hydrogen (secondary N) is 1. The van der Waals surface area contributed by atoms with Crippen molar-refractivity contribution in [3.8, 4) is 17.1 Å². The van der Waals surface area contributed by atoms with Crippen molar-refractivity contribution in [1.29, 1.82) is 0 Å². The van der Waals surface area contributed by atoms with E-state index in [2.05, 4.69) is 39.8 Å². The average Bonchev–Trinajstić information content (AvgIpc) is 3.41. The third-order valence-corrected chi connectivity index (χ3v) is 6.83. The number of hydrogen-bond donors (Lipinski definition) is 2. The second kappa shape index (κ2) is 9.86. The number of aryl methyl sites for hydroxylation is 2. The maximum atomic E-state index is 11.3. The Hall–Kier alpha value is -3.01. The highest BCUT2D eigenvalue weighted by atomic mass is 32.1. The van der Waals surface area contributed by atoms with Crippen LogP contribution in [-0.2, 0) is 18.4 Å². The number of carboxylic acid groups (broad SMARTS) is 1. The summed E-state index contributed by atoms with van der Waals surface area (Å²) in [5.41, 5.74) is 4.17. The normalized spacial score (nSPS) is 18.5. The van der Waals surface area contributed by atoms with Gasteiger partial charge in [0.15, 0.2) is 5.13 Å². The summed E-state index contributed by atoms with van der Waals surface area (Å²) in [6.07, 6.45) is 2.87. The molecule has 4 rings (SSSR count). The van der Waals surface area contributed by atoms with E-state index in [9.17, 15) is 9.90 Å². The minimum Gasteiger partial charge on any atom is -0.489 e. The van der Waals surface area contributed by atoms with Gasteiger partial charge >= 0.3 is 5.97 Å². The van der Waals surface area contributed by atoms with E-state index in [4.69, 9.17) is 9.72 Å². The van der Waals surface area contributed by atoms with E-state index in [1.807, 2.05) is 26.1 Å². The van der Waals surface area contributed by atoms with Crippen molar-refractivity contribution in [1.82, 2.24) is 25.0 Å². The lowest BCUT2D eigenvalue weighted by Crippen LogP contribution is -2.29. The zero-order valence-electron chi connectivity index (χ0n) is 19.4. The first-order chi connectivity index (χ1) is 15.8. The number of nitrogens with zero attached hydrogens (tertiary/aromatic N) is 5. The summed E-state index contributed by atoms with van der Waals surface area (Å²) in [6, 6.07) is 3.78.